The third-order valence-corrected chi connectivity index (χ3v) is 6.11. The molecule has 1 amide bonds. The van der Waals surface area contributed by atoms with Gasteiger partial charge < -0.3 is 15.1 Å². The first-order valence-corrected chi connectivity index (χ1v) is 11.0. The summed E-state index contributed by atoms with van der Waals surface area (Å²) in [6.45, 7) is 4.14. The topological polar surface area (TPSA) is 79.2 Å². The van der Waals surface area contributed by atoms with Gasteiger partial charge in [-0.2, -0.15) is 4.68 Å². The Balaban J connectivity index is 1.33. The monoisotopic (exact) mass is 443 g/mol. The smallest absolute Gasteiger partial charge is 0.234 e. The van der Waals surface area contributed by atoms with Crippen LogP contribution in [-0.4, -0.2) is 70.0 Å². The van der Waals surface area contributed by atoms with Gasteiger partial charge in [0.1, 0.15) is 0 Å². The van der Waals surface area contributed by atoms with Crippen LogP contribution in [0.15, 0.2) is 53.7 Å². The van der Waals surface area contributed by atoms with Crippen LogP contribution in [0.3, 0.4) is 0 Å². The van der Waals surface area contributed by atoms with Gasteiger partial charge in [-0.05, 0) is 53.9 Å². The largest absolute Gasteiger partial charge is 0.369 e. The summed E-state index contributed by atoms with van der Waals surface area (Å²) in [5.41, 5.74) is 2.62. The Labute approximate surface area is 184 Å². The van der Waals surface area contributed by atoms with Crippen LogP contribution < -0.4 is 10.2 Å². The molecule has 10 heteroatoms. The third-order valence-electron chi connectivity index (χ3n) is 4.87. The van der Waals surface area contributed by atoms with E-state index < -0.39 is 0 Å². The van der Waals surface area contributed by atoms with Crippen LogP contribution in [0.2, 0.25) is 5.02 Å². The zero-order chi connectivity index (χ0) is 20.9. The van der Waals surface area contributed by atoms with Gasteiger partial charge in [-0.3, -0.25) is 4.79 Å². The number of anilines is 2. The maximum absolute atomic E-state index is 12.4. The highest BCUT2D eigenvalue weighted by Gasteiger charge is 2.15. The second-order valence-electron chi connectivity index (χ2n) is 7.00. The van der Waals surface area contributed by atoms with Gasteiger partial charge in [0.2, 0.25) is 11.1 Å². The lowest BCUT2D eigenvalue weighted by Crippen LogP contribution is -2.44. The van der Waals surface area contributed by atoms with Crippen LogP contribution in [-0.2, 0) is 4.79 Å². The summed E-state index contributed by atoms with van der Waals surface area (Å²) >= 11 is 7.48. The van der Waals surface area contributed by atoms with Gasteiger partial charge in [0.25, 0.3) is 0 Å². The molecule has 1 aromatic heterocycles. The van der Waals surface area contributed by atoms with Gasteiger partial charge in [-0.15, -0.1) is 5.10 Å². The Morgan fingerprint density at radius 2 is 1.83 bits per heavy atom. The first kappa shape index (κ1) is 20.6. The number of amides is 1. The molecule has 2 aromatic carbocycles. The molecule has 3 aromatic rings. The molecule has 4 rings (SSSR count). The van der Waals surface area contributed by atoms with Gasteiger partial charge in [0.15, 0.2) is 0 Å². The van der Waals surface area contributed by atoms with Crippen molar-refractivity contribution in [2.24, 2.45) is 0 Å². The summed E-state index contributed by atoms with van der Waals surface area (Å²) < 4.78 is 1.53. The molecule has 1 aliphatic heterocycles. The van der Waals surface area contributed by atoms with Crippen molar-refractivity contribution in [2.45, 2.75) is 5.16 Å². The standard InChI is InChI=1S/C20H22ClN7OS/c1-26-10-12-27(13-11-26)16-8-6-15(7-9-16)22-19(29)14-30-20-23-24-25-28(20)18-5-3-2-4-17(18)21/h2-9H,10-14H2,1H3,(H,22,29). The lowest BCUT2D eigenvalue weighted by atomic mass is 10.2. The van der Waals surface area contributed by atoms with Crippen molar-refractivity contribution < 1.29 is 4.79 Å². The molecule has 0 atom stereocenters. The summed E-state index contributed by atoms with van der Waals surface area (Å²) in [4.78, 5) is 17.1. The van der Waals surface area contributed by atoms with E-state index in [9.17, 15) is 4.79 Å². The van der Waals surface area contributed by atoms with E-state index in [2.05, 4.69) is 37.7 Å². The van der Waals surface area contributed by atoms with Crippen LogP contribution in [0.1, 0.15) is 0 Å². The maximum atomic E-state index is 12.4. The SMILES string of the molecule is CN1CCN(c2ccc(NC(=O)CSc3nnnn3-c3ccccc3Cl)cc2)CC1. The van der Waals surface area contributed by atoms with E-state index in [0.717, 1.165) is 31.9 Å². The second-order valence-corrected chi connectivity index (χ2v) is 8.35. The maximum Gasteiger partial charge on any atom is 0.234 e. The summed E-state index contributed by atoms with van der Waals surface area (Å²) in [6.07, 6.45) is 0. The predicted molar refractivity (Wildman–Crippen MR) is 120 cm³/mol. The van der Waals surface area contributed by atoms with E-state index in [4.69, 9.17) is 11.6 Å². The Bertz CT molecular complexity index is 1000. The van der Waals surface area contributed by atoms with E-state index in [1.165, 1.54) is 22.1 Å². The molecular weight excluding hydrogens is 422 g/mol. The average Bonchev–Trinajstić information content (AvgIpc) is 3.22. The normalized spacial score (nSPS) is 14.7. The fraction of sp³-hybridized carbons (Fsp3) is 0.300. The van der Waals surface area contributed by atoms with Crippen LogP contribution in [0.25, 0.3) is 5.69 Å². The molecule has 30 heavy (non-hydrogen) atoms. The number of rotatable bonds is 6. The van der Waals surface area contributed by atoms with Crippen LogP contribution in [0.4, 0.5) is 11.4 Å². The number of tetrazole rings is 1. The van der Waals surface area contributed by atoms with Crippen molar-refractivity contribution in [1.82, 2.24) is 25.1 Å². The van der Waals surface area contributed by atoms with Gasteiger partial charge in [0, 0.05) is 37.6 Å². The highest BCUT2D eigenvalue weighted by molar-refractivity contribution is 7.99. The first-order valence-electron chi connectivity index (χ1n) is 9.59. The summed E-state index contributed by atoms with van der Waals surface area (Å²) in [5, 5.41) is 15.6. The molecule has 1 fully saturated rings. The Kier molecular flexibility index (Phi) is 6.51. The number of thioether (sulfide) groups is 1. The minimum Gasteiger partial charge on any atom is -0.369 e. The fourth-order valence-corrected chi connectivity index (χ4v) is 4.09. The third kappa shape index (κ3) is 4.92. The van der Waals surface area contributed by atoms with Gasteiger partial charge in [0.05, 0.1) is 16.5 Å². The van der Waals surface area contributed by atoms with Gasteiger partial charge in [-0.25, -0.2) is 0 Å². The van der Waals surface area contributed by atoms with E-state index in [0.29, 0.717) is 15.9 Å². The number of carbonyl (C=O) groups is 1. The molecule has 1 aliphatic rings. The number of hydrogen-bond acceptors (Lipinski definition) is 7. The minimum absolute atomic E-state index is 0.124. The zero-order valence-corrected chi connectivity index (χ0v) is 18.1. The lowest BCUT2D eigenvalue weighted by Gasteiger charge is -2.34. The molecule has 2 heterocycles. The summed E-state index contributed by atoms with van der Waals surface area (Å²) in [7, 11) is 2.14. The molecule has 0 bridgehead atoms. The molecule has 0 radical (unpaired) electrons. The highest BCUT2D eigenvalue weighted by Crippen LogP contribution is 2.24. The predicted octanol–water partition coefficient (Wildman–Crippen LogP) is 2.80. The average molecular weight is 444 g/mol. The Morgan fingerprint density at radius 1 is 1.10 bits per heavy atom. The van der Waals surface area contributed by atoms with Crippen molar-refractivity contribution in [2.75, 3.05) is 49.2 Å². The molecule has 0 unspecified atom stereocenters. The molecule has 8 nitrogen and oxygen atoms in total. The number of para-hydroxylation sites is 1. The highest BCUT2D eigenvalue weighted by atomic mass is 35.5. The molecular formula is C20H22ClN7OS. The first-order chi connectivity index (χ1) is 14.6. The van der Waals surface area contributed by atoms with Crippen molar-refractivity contribution >= 4 is 40.6 Å². The number of carbonyl (C=O) groups excluding carboxylic acids is 1. The Morgan fingerprint density at radius 3 is 2.57 bits per heavy atom. The number of hydrogen-bond donors (Lipinski definition) is 1. The lowest BCUT2D eigenvalue weighted by molar-refractivity contribution is -0.113. The van der Waals surface area contributed by atoms with Crippen LogP contribution in [0, 0.1) is 0 Å². The van der Waals surface area contributed by atoms with Crippen molar-refractivity contribution in [1.29, 1.82) is 0 Å². The number of likely N-dealkylation sites (N-methyl/N-ethyl adjacent to an activating group) is 1. The number of benzene rings is 2. The molecule has 0 saturated carbocycles. The fourth-order valence-electron chi connectivity index (χ4n) is 3.19. The second kappa shape index (κ2) is 9.46. The Hall–Kier alpha value is -2.62. The van der Waals surface area contributed by atoms with E-state index in [1.807, 2.05) is 42.5 Å². The minimum atomic E-state index is -0.124. The van der Waals surface area contributed by atoms with E-state index in [1.54, 1.807) is 6.07 Å². The van der Waals surface area contributed by atoms with Crippen molar-refractivity contribution in [3.63, 3.8) is 0 Å². The number of aromatic nitrogens is 4. The quantitative estimate of drug-likeness (QED) is 0.587. The zero-order valence-electron chi connectivity index (χ0n) is 16.5. The summed E-state index contributed by atoms with van der Waals surface area (Å²) in [6, 6.07) is 15.3. The van der Waals surface area contributed by atoms with E-state index in [-0.39, 0.29) is 11.7 Å². The molecule has 1 saturated heterocycles. The summed E-state index contributed by atoms with van der Waals surface area (Å²) in [5.74, 6) is 0.0615. The molecule has 0 spiro atoms. The van der Waals surface area contributed by atoms with Crippen molar-refractivity contribution in [3.05, 3.63) is 53.6 Å². The van der Waals surface area contributed by atoms with E-state index >= 15 is 0 Å². The number of piperazine rings is 1. The molecule has 0 aliphatic carbocycles. The van der Waals surface area contributed by atoms with Gasteiger partial charge >= 0.3 is 0 Å². The molecule has 156 valence electrons. The van der Waals surface area contributed by atoms with Crippen molar-refractivity contribution in [3.8, 4) is 5.69 Å². The van der Waals surface area contributed by atoms with Crippen LogP contribution >= 0.6 is 23.4 Å². The molecule has 1 N–H and O–H groups in total. The van der Waals surface area contributed by atoms with Crippen LogP contribution in [0.5, 0.6) is 0 Å². The number of nitrogens with zero attached hydrogens (tertiary/aromatic N) is 6. The number of halogens is 1. The van der Waals surface area contributed by atoms with Gasteiger partial charge in [-0.1, -0.05) is 35.5 Å². The number of nitrogens with one attached hydrogen (secondary N) is 1.